The van der Waals surface area contributed by atoms with E-state index in [4.69, 9.17) is 9.73 Å². The number of guanidine groups is 1. The van der Waals surface area contributed by atoms with Crippen molar-refractivity contribution >= 4 is 17.7 Å². The Morgan fingerprint density at radius 1 is 1.33 bits per heavy atom. The Kier molecular flexibility index (Phi) is 7.79. The summed E-state index contributed by atoms with van der Waals surface area (Å²) in [5, 5.41) is 6.74. The molecule has 0 radical (unpaired) electrons. The Morgan fingerprint density at radius 2 is 2.19 bits per heavy atom. The molecule has 1 unspecified atom stereocenters. The fourth-order valence-corrected chi connectivity index (χ4v) is 5.16. The topological polar surface area (TPSA) is 48.9 Å². The van der Waals surface area contributed by atoms with Gasteiger partial charge in [-0.1, -0.05) is 12.1 Å². The first-order valence-electron chi connectivity index (χ1n) is 9.89. The predicted octanol–water partition coefficient (Wildman–Crippen LogP) is 2.13. The first kappa shape index (κ1) is 20.4. The van der Waals surface area contributed by atoms with Gasteiger partial charge in [0.2, 0.25) is 0 Å². The molecule has 2 saturated heterocycles. The molecule has 0 bridgehead atoms. The van der Waals surface area contributed by atoms with Gasteiger partial charge in [0.1, 0.15) is 5.82 Å². The van der Waals surface area contributed by atoms with Gasteiger partial charge in [0.05, 0.1) is 25.3 Å². The highest BCUT2D eigenvalue weighted by molar-refractivity contribution is 7.99. The fraction of sp³-hybridized carbons (Fsp3) is 0.650. The lowest BCUT2D eigenvalue weighted by atomic mass is 9.96. The zero-order valence-electron chi connectivity index (χ0n) is 16.2. The monoisotopic (exact) mass is 394 g/mol. The molecule has 2 aliphatic rings. The van der Waals surface area contributed by atoms with Gasteiger partial charge >= 0.3 is 0 Å². The molecule has 5 nitrogen and oxygen atoms in total. The van der Waals surface area contributed by atoms with Crippen LogP contribution in [0.25, 0.3) is 0 Å². The highest BCUT2D eigenvalue weighted by atomic mass is 32.2. The summed E-state index contributed by atoms with van der Waals surface area (Å²) in [6.07, 6.45) is 1.95. The standard InChI is InChI=1S/C20H31FN4OS/c1-2-22-19(23-8-6-17-4-3-5-18(21)14-17)24-15-20(7-13-27-16-20)25-9-11-26-12-10-25/h3-5,14H,2,6-13,15-16H2,1H3,(H2,22,23,24). The molecule has 0 saturated carbocycles. The van der Waals surface area contributed by atoms with Crippen molar-refractivity contribution in [3.05, 3.63) is 35.6 Å². The lowest BCUT2D eigenvalue weighted by molar-refractivity contribution is -0.0104. The molecular weight excluding hydrogens is 363 g/mol. The molecule has 1 aromatic rings. The van der Waals surface area contributed by atoms with Crippen LogP contribution in [0.4, 0.5) is 4.39 Å². The Labute approximate surface area is 166 Å². The molecule has 2 fully saturated rings. The van der Waals surface area contributed by atoms with Crippen molar-refractivity contribution in [3.8, 4) is 0 Å². The van der Waals surface area contributed by atoms with Crippen molar-refractivity contribution < 1.29 is 9.13 Å². The van der Waals surface area contributed by atoms with Gasteiger partial charge in [-0.3, -0.25) is 9.89 Å². The van der Waals surface area contributed by atoms with E-state index < -0.39 is 0 Å². The molecule has 2 N–H and O–H groups in total. The fourth-order valence-electron chi connectivity index (χ4n) is 3.69. The summed E-state index contributed by atoms with van der Waals surface area (Å²) in [4.78, 5) is 7.50. The second-order valence-corrected chi connectivity index (χ2v) is 8.23. The third kappa shape index (κ3) is 5.83. The number of aliphatic imine (C=N–C) groups is 1. The molecule has 3 rings (SSSR count). The zero-order chi connectivity index (χ0) is 19.0. The van der Waals surface area contributed by atoms with Crippen LogP contribution in [0.5, 0.6) is 0 Å². The molecule has 27 heavy (non-hydrogen) atoms. The largest absolute Gasteiger partial charge is 0.379 e. The van der Waals surface area contributed by atoms with E-state index in [0.29, 0.717) is 0 Å². The van der Waals surface area contributed by atoms with E-state index in [9.17, 15) is 4.39 Å². The third-order valence-corrected chi connectivity index (χ3v) is 6.47. The van der Waals surface area contributed by atoms with Crippen molar-refractivity contribution in [3.63, 3.8) is 0 Å². The van der Waals surface area contributed by atoms with Gasteiger partial charge in [0, 0.05) is 31.9 Å². The number of morpholine rings is 1. The van der Waals surface area contributed by atoms with Gasteiger partial charge in [-0.15, -0.1) is 0 Å². The van der Waals surface area contributed by atoms with Crippen LogP contribution in [-0.2, 0) is 11.2 Å². The molecule has 1 atom stereocenters. The number of nitrogens with one attached hydrogen (secondary N) is 2. The Morgan fingerprint density at radius 3 is 2.89 bits per heavy atom. The number of thioether (sulfide) groups is 1. The third-order valence-electron chi connectivity index (χ3n) is 5.24. The number of hydrogen-bond donors (Lipinski definition) is 2. The van der Waals surface area contributed by atoms with E-state index >= 15 is 0 Å². The lowest BCUT2D eigenvalue weighted by Gasteiger charge is -2.42. The summed E-state index contributed by atoms with van der Waals surface area (Å²) in [6.45, 7) is 8.07. The van der Waals surface area contributed by atoms with Gasteiger partial charge < -0.3 is 15.4 Å². The van der Waals surface area contributed by atoms with Crippen molar-refractivity contribution in [1.29, 1.82) is 0 Å². The van der Waals surface area contributed by atoms with Gasteiger partial charge in [-0.2, -0.15) is 11.8 Å². The van der Waals surface area contributed by atoms with Gasteiger partial charge in [-0.25, -0.2) is 4.39 Å². The van der Waals surface area contributed by atoms with Crippen LogP contribution in [0.1, 0.15) is 18.9 Å². The minimum atomic E-state index is -0.181. The molecule has 0 spiro atoms. The molecule has 0 aliphatic carbocycles. The van der Waals surface area contributed by atoms with Gasteiger partial charge in [0.25, 0.3) is 0 Å². The lowest BCUT2D eigenvalue weighted by Crippen LogP contribution is -2.56. The van der Waals surface area contributed by atoms with Crippen molar-refractivity contribution in [2.24, 2.45) is 4.99 Å². The zero-order valence-corrected chi connectivity index (χ0v) is 17.0. The summed E-state index contributed by atoms with van der Waals surface area (Å²) in [7, 11) is 0. The number of hydrogen-bond acceptors (Lipinski definition) is 4. The van der Waals surface area contributed by atoms with E-state index in [-0.39, 0.29) is 11.4 Å². The van der Waals surface area contributed by atoms with E-state index in [1.165, 1.54) is 18.2 Å². The molecule has 7 heteroatoms. The van der Waals surface area contributed by atoms with Crippen LogP contribution in [-0.4, -0.2) is 73.8 Å². The average molecular weight is 395 g/mol. The highest BCUT2D eigenvalue weighted by Crippen LogP contribution is 2.34. The van der Waals surface area contributed by atoms with E-state index in [0.717, 1.165) is 69.6 Å². The second-order valence-electron chi connectivity index (χ2n) is 7.13. The van der Waals surface area contributed by atoms with Crippen molar-refractivity contribution in [2.75, 3.05) is 57.4 Å². The first-order valence-corrected chi connectivity index (χ1v) is 11.0. The second kappa shape index (κ2) is 10.3. The molecule has 0 aromatic heterocycles. The molecule has 1 aromatic carbocycles. The molecular formula is C20H31FN4OS. The van der Waals surface area contributed by atoms with Crippen molar-refractivity contribution in [2.45, 2.75) is 25.3 Å². The minimum absolute atomic E-state index is 0.152. The van der Waals surface area contributed by atoms with E-state index in [2.05, 4.69) is 22.5 Å². The van der Waals surface area contributed by atoms with Crippen LogP contribution in [0.3, 0.4) is 0 Å². The number of benzene rings is 1. The van der Waals surface area contributed by atoms with Gasteiger partial charge in [-0.05, 0) is 43.2 Å². The minimum Gasteiger partial charge on any atom is -0.379 e. The van der Waals surface area contributed by atoms with Crippen LogP contribution >= 0.6 is 11.8 Å². The SMILES string of the molecule is CCNC(=NCC1(N2CCOCC2)CCSC1)NCCc1cccc(F)c1. The van der Waals surface area contributed by atoms with Crippen LogP contribution in [0, 0.1) is 5.82 Å². The highest BCUT2D eigenvalue weighted by Gasteiger charge is 2.40. The average Bonchev–Trinajstić information content (AvgIpc) is 3.17. The van der Waals surface area contributed by atoms with E-state index in [1.807, 2.05) is 17.8 Å². The number of nitrogens with zero attached hydrogens (tertiary/aromatic N) is 2. The first-order chi connectivity index (χ1) is 13.2. The maximum atomic E-state index is 13.3. The number of halogens is 1. The summed E-state index contributed by atoms with van der Waals surface area (Å²) >= 11 is 2.03. The summed E-state index contributed by atoms with van der Waals surface area (Å²) in [6, 6.07) is 6.79. The summed E-state index contributed by atoms with van der Waals surface area (Å²) in [5.41, 5.74) is 1.15. The molecule has 2 heterocycles. The predicted molar refractivity (Wildman–Crippen MR) is 111 cm³/mol. The summed E-state index contributed by atoms with van der Waals surface area (Å²) < 4.78 is 18.9. The van der Waals surface area contributed by atoms with E-state index in [1.54, 1.807) is 12.1 Å². The maximum absolute atomic E-state index is 13.3. The quantitative estimate of drug-likeness (QED) is 0.548. The van der Waals surface area contributed by atoms with Crippen LogP contribution in [0.2, 0.25) is 0 Å². The van der Waals surface area contributed by atoms with Crippen LogP contribution in [0.15, 0.2) is 29.3 Å². The number of ether oxygens (including phenoxy) is 1. The normalized spacial score (nSPS) is 24.1. The summed E-state index contributed by atoms with van der Waals surface area (Å²) in [5.74, 6) is 3.01. The Bertz CT molecular complexity index is 616. The number of rotatable bonds is 7. The molecule has 150 valence electrons. The van der Waals surface area contributed by atoms with Crippen LogP contribution < -0.4 is 10.6 Å². The maximum Gasteiger partial charge on any atom is 0.191 e. The Balaban J connectivity index is 1.58. The molecule has 0 amide bonds. The van der Waals surface area contributed by atoms with Crippen molar-refractivity contribution in [1.82, 2.24) is 15.5 Å². The van der Waals surface area contributed by atoms with Gasteiger partial charge in [0.15, 0.2) is 5.96 Å². The smallest absolute Gasteiger partial charge is 0.191 e. The molecule has 2 aliphatic heterocycles. The Hall–Kier alpha value is -1.31.